The lowest BCUT2D eigenvalue weighted by Crippen LogP contribution is -2.11. The monoisotopic (exact) mass is 873 g/mol. The van der Waals surface area contributed by atoms with Gasteiger partial charge in [0.05, 0.1) is 64.1 Å². The van der Waals surface area contributed by atoms with Crippen LogP contribution in [0.15, 0.2) is 139 Å². The number of hydrogen-bond donors (Lipinski definition) is 3. The summed E-state index contributed by atoms with van der Waals surface area (Å²) < 4.78 is 37.9. The van der Waals surface area contributed by atoms with Crippen LogP contribution in [-0.2, 0) is 20.6 Å². The van der Waals surface area contributed by atoms with Crippen LogP contribution in [0.4, 0.5) is 17.1 Å². The van der Waals surface area contributed by atoms with E-state index in [1.165, 1.54) is 24.3 Å². The third kappa shape index (κ3) is 8.38. The molecule has 0 aromatic heterocycles. The van der Waals surface area contributed by atoms with Crippen LogP contribution in [0, 0.1) is 20.8 Å². The molecule has 9 nitrogen and oxygen atoms in total. The highest BCUT2D eigenvalue weighted by Crippen LogP contribution is 2.40. The van der Waals surface area contributed by atoms with E-state index >= 15 is 0 Å². The lowest BCUT2D eigenvalue weighted by molar-refractivity contribution is 0.101. The van der Waals surface area contributed by atoms with Crippen molar-refractivity contribution in [3.05, 3.63) is 158 Å². The molecule has 15 heteroatoms. The standard InChI is InChI=1S/C14H10ClNO3S.C14H10ClNO2S.C14H10ClNOS/c1-8-2-4-13-11(6-8)16-14(17)10-7-9(15)3-5-12(10)20(13,18)19;1-8-2-4-13-11(6-8)16-14(17)10-7-9(15)3-5-12(10)19(13)18;1-8-2-4-13-11(6-8)16-14(17)10-7-9(15)3-5-12(10)18-13/h2-7H,1H3,(H,16,17);2-7H,1H3,(H,16,17);2-7H,1H3,(H,16,17). The van der Waals surface area contributed by atoms with Gasteiger partial charge in [0.2, 0.25) is 9.84 Å². The van der Waals surface area contributed by atoms with E-state index in [0.717, 1.165) is 32.2 Å². The van der Waals surface area contributed by atoms with Crippen LogP contribution >= 0.6 is 46.6 Å². The number of benzene rings is 6. The van der Waals surface area contributed by atoms with Crippen LogP contribution in [0.25, 0.3) is 0 Å². The molecule has 3 aliphatic heterocycles. The van der Waals surface area contributed by atoms with Gasteiger partial charge < -0.3 is 16.0 Å². The normalized spacial score (nSPS) is 15.5. The third-order valence-corrected chi connectivity index (χ3v) is 14.1. The maximum atomic E-state index is 12.6. The van der Waals surface area contributed by atoms with Gasteiger partial charge in [-0.3, -0.25) is 14.4 Å². The molecule has 57 heavy (non-hydrogen) atoms. The predicted molar refractivity (Wildman–Crippen MR) is 226 cm³/mol. The first-order valence-electron chi connectivity index (χ1n) is 17.1. The zero-order chi connectivity index (χ0) is 40.8. The van der Waals surface area contributed by atoms with Crippen LogP contribution in [0.2, 0.25) is 15.1 Å². The molecule has 0 spiro atoms. The highest BCUT2D eigenvalue weighted by Gasteiger charge is 2.31. The number of carbonyl (C=O) groups excluding carboxylic acids is 3. The van der Waals surface area contributed by atoms with E-state index in [-0.39, 0.29) is 27.2 Å². The van der Waals surface area contributed by atoms with Gasteiger partial charge in [-0.2, -0.15) is 0 Å². The lowest BCUT2D eigenvalue weighted by atomic mass is 10.2. The molecule has 0 fully saturated rings. The van der Waals surface area contributed by atoms with Crippen LogP contribution < -0.4 is 16.0 Å². The van der Waals surface area contributed by atoms with E-state index in [1.54, 1.807) is 60.3 Å². The van der Waals surface area contributed by atoms with E-state index < -0.39 is 26.5 Å². The molecule has 0 bridgehead atoms. The van der Waals surface area contributed by atoms with E-state index in [0.29, 0.717) is 47.4 Å². The second kappa shape index (κ2) is 16.1. The zero-order valence-electron chi connectivity index (χ0n) is 30.2. The number of rotatable bonds is 0. The van der Waals surface area contributed by atoms with E-state index in [1.807, 2.05) is 57.2 Å². The van der Waals surface area contributed by atoms with Crippen molar-refractivity contribution in [3.8, 4) is 0 Å². The lowest BCUT2D eigenvalue weighted by Gasteiger charge is -2.07. The maximum absolute atomic E-state index is 12.6. The number of carbonyl (C=O) groups is 3. The molecule has 3 amide bonds. The molecule has 1 atom stereocenters. The molecule has 0 radical (unpaired) electrons. The smallest absolute Gasteiger partial charge is 0.257 e. The number of fused-ring (bicyclic) bond motifs is 6. The summed E-state index contributed by atoms with van der Waals surface area (Å²) in [5.74, 6) is -0.866. The molecule has 3 aliphatic rings. The van der Waals surface area contributed by atoms with E-state index in [4.69, 9.17) is 34.8 Å². The molecule has 0 saturated heterocycles. The zero-order valence-corrected chi connectivity index (χ0v) is 34.9. The van der Waals surface area contributed by atoms with Crippen molar-refractivity contribution < 1.29 is 27.0 Å². The molecular formula is C42H30Cl3N3O6S3. The Bertz CT molecular complexity index is 2830. The van der Waals surface area contributed by atoms with E-state index in [9.17, 15) is 27.0 Å². The van der Waals surface area contributed by atoms with Gasteiger partial charge in [0.1, 0.15) is 0 Å². The summed E-state index contributed by atoms with van der Waals surface area (Å²) in [6, 6.07) is 30.8. The SMILES string of the molecule is Cc1ccc2c(c1)NC(=O)c1cc(Cl)ccc1S2.Cc1ccc2c(c1)NC(=O)c1cc(Cl)ccc1S2(=O)=O.Cc1ccc2c(c1)NC(=O)c1cc(Cl)ccc1S2=O. The van der Waals surface area contributed by atoms with Crippen LogP contribution in [-0.4, -0.2) is 30.3 Å². The average molecular weight is 875 g/mol. The van der Waals surface area contributed by atoms with Crippen molar-refractivity contribution in [2.75, 3.05) is 16.0 Å². The topological polar surface area (TPSA) is 139 Å². The molecule has 9 rings (SSSR count). The molecular weight excluding hydrogens is 845 g/mol. The summed E-state index contributed by atoms with van der Waals surface area (Å²) in [4.78, 5) is 39.7. The van der Waals surface area contributed by atoms with Crippen molar-refractivity contribution in [2.24, 2.45) is 0 Å². The minimum absolute atomic E-state index is 0.0259. The number of aryl methyl sites for hydroxylation is 3. The van der Waals surface area contributed by atoms with Gasteiger partial charge >= 0.3 is 0 Å². The maximum Gasteiger partial charge on any atom is 0.257 e. The second-order valence-electron chi connectivity index (χ2n) is 13.2. The molecule has 3 heterocycles. The molecule has 0 aliphatic carbocycles. The summed E-state index contributed by atoms with van der Waals surface area (Å²) in [6.07, 6.45) is 0. The summed E-state index contributed by atoms with van der Waals surface area (Å²) in [5.41, 5.74) is 5.78. The van der Waals surface area contributed by atoms with Gasteiger partial charge in [-0.05, 0) is 128 Å². The average Bonchev–Trinajstić information content (AvgIpc) is 3.39. The van der Waals surface area contributed by atoms with Gasteiger partial charge in [0.25, 0.3) is 17.7 Å². The van der Waals surface area contributed by atoms with E-state index in [2.05, 4.69) is 16.0 Å². The Kier molecular flexibility index (Phi) is 11.4. The van der Waals surface area contributed by atoms with Gasteiger partial charge in [-0.25, -0.2) is 12.6 Å². The number of nitrogens with one attached hydrogen (secondary N) is 3. The Morgan fingerprint density at radius 3 is 1.67 bits per heavy atom. The first-order valence-corrected chi connectivity index (χ1v) is 21.7. The second-order valence-corrected chi connectivity index (χ2v) is 18.9. The van der Waals surface area contributed by atoms with Gasteiger partial charge in [-0.1, -0.05) is 64.8 Å². The number of halogens is 3. The highest BCUT2D eigenvalue weighted by atomic mass is 35.5. The largest absolute Gasteiger partial charge is 0.321 e. The quantitative estimate of drug-likeness (QED) is 0.138. The first kappa shape index (κ1) is 40.3. The van der Waals surface area contributed by atoms with Gasteiger partial charge in [-0.15, -0.1) is 0 Å². The van der Waals surface area contributed by atoms with Crippen LogP contribution in [0.5, 0.6) is 0 Å². The van der Waals surface area contributed by atoms with Crippen LogP contribution in [0.3, 0.4) is 0 Å². The van der Waals surface area contributed by atoms with Crippen molar-refractivity contribution in [3.63, 3.8) is 0 Å². The minimum atomic E-state index is -3.75. The molecule has 6 aromatic carbocycles. The minimum Gasteiger partial charge on any atom is -0.321 e. The molecule has 3 N–H and O–H groups in total. The number of hydrogen-bond acceptors (Lipinski definition) is 7. The fourth-order valence-electron chi connectivity index (χ4n) is 6.16. The number of anilines is 3. The molecule has 6 aromatic rings. The van der Waals surface area contributed by atoms with Crippen molar-refractivity contribution in [1.29, 1.82) is 0 Å². The third-order valence-electron chi connectivity index (χ3n) is 8.91. The fraction of sp³-hybridized carbons (Fsp3) is 0.0714. The summed E-state index contributed by atoms with van der Waals surface area (Å²) in [6.45, 7) is 5.75. The number of sulfone groups is 1. The Hall–Kier alpha value is -4.95. The molecule has 288 valence electrons. The molecule has 1 unspecified atom stereocenters. The predicted octanol–water partition coefficient (Wildman–Crippen LogP) is 10.8. The van der Waals surface area contributed by atoms with Crippen molar-refractivity contribution in [1.82, 2.24) is 0 Å². The fourth-order valence-corrected chi connectivity index (χ4v) is 10.5. The van der Waals surface area contributed by atoms with Crippen molar-refractivity contribution in [2.45, 2.75) is 50.1 Å². The highest BCUT2D eigenvalue weighted by molar-refractivity contribution is 7.99. The summed E-state index contributed by atoms with van der Waals surface area (Å²) in [7, 11) is -5.13. The van der Waals surface area contributed by atoms with Crippen LogP contribution in [0.1, 0.15) is 47.8 Å². The van der Waals surface area contributed by atoms with Gasteiger partial charge in [0.15, 0.2) is 0 Å². The first-order chi connectivity index (χ1) is 27.1. The Morgan fingerprint density at radius 2 is 0.947 bits per heavy atom. The summed E-state index contributed by atoms with van der Waals surface area (Å²) in [5, 5.41) is 9.68. The Balaban J connectivity index is 0.000000131. The van der Waals surface area contributed by atoms with Crippen molar-refractivity contribution >= 4 is 102 Å². The number of amides is 3. The Morgan fingerprint density at radius 1 is 0.491 bits per heavy atom. The van der Waals surface area contributed by atoms with Gasteiger partial charge in [0, 0.05) is 24.9 Å². The molecule has 0 saturated carbocycles. The Labute approximate surface area is 350 Å². The summed E-state index contributed by atoms with van der Waals surface area (Å²) >= 11 is 19.3.